The highest BCUT2D eigenvalue weighted by Crippen LogP contribution is 2.23. The summed E-state index contributed by atoms with van der Waals surface area (Å²) >= 11 is 0. The Morgan fingerprint density at radius 3 is 2.00 bits per heavy atom. The van der Waals surface area contributed by atoms with E-state index in [1.807, 2.05) is 19.1 Å². The van der Waals surface area contributed by atoms with Crippen LogP contribution in [0.2, 0.25) is 0 Å². The first-order chi connectivity index (χ1) is 13.7. The van der Waals surface area contributed by atoms with Crippen LogP contribution in [0.5, 0.6) is 5.75 Å². The number of amides is 2. The van der Waals surface area contributed by atoms with Gasteiger partial charge in [-0.05, 0) is 36.8 Å². The third-order valence-corrected chi connectivity index (χ3v) is 4.73. The van der Waals surface area contributed by atoms with E-state index >= 15 is 0 Å². The largest absolute Gasteiger partial charge is 0.573 e. The monoisotopic (exact) mass is 406 g/mol. The van der Waals surface area contributed by atoms with Crippen molar-refractivity contribution in [2.24, 2.45) is 0 Å². The lowest BCUT2D eigenvalue weighted by Crippen LogP contribution is -2.51. The van der Waals surface area contributed by atoms with Crippen LogP contribution in [0.3, 0.4) is 0 Å². The molecule has 1 aliphatic rings. The van der Waals surface area contributed by atoms with Crippen molar-refractivity contribution in [2.45, 2.75) is 19.7 Å². The van der Waals surface area contributed by atoms with Crippen molar-refractivity contribution >= 4 is 11.8 Å². The number of carbonyl (C=O) groups excluding carboxylic acids is 2. The molecule has 0 aliphatic carbocycles. The van der Waals surface area contributed by atoms with Gasteiger partial charge in [0.2, 0.25) is 5.91 Å². The molecule has 0 aromatic heterocycles. The van der Waals surface area contributed by atoms with Crippen molar-refractivity contribution in [3.63, 3.8) is 0 Å². The van der Waals surface area contributed by atoms with Crippen molar-refractivity contribution in [3.8, 4) is 5.75 Å². The summed E-state index contributed by atoms with van der Waals surface area (Å²) in [5.74, 6) is -0.508. The summed E-state index contributed by atoms with van der Waals surface area (Å²) in [5.41, 5.74) is 2.30. The van der Waals surface area contributed by atoms with Crippen molar-refractivity contribution in [3.05, 3.63) is 65.2 Å². The molecule has 2 aromatic carbocycles. The van der Waals surface area contributed by atoms with Gasteiger partial charge in [-0.3, -0.25) is 9.59 Å². The lowest BCUT2D eigenvalue weighted by atomic mass is 10.1. The molecule has 0 spiro atoms. The minimum atomic E-state index is -4.74. The number of hydrogen-bond donors (Lipinski definition) is 0. The Kier molecular flexibility index (Phi) is 6.10. The van der Waals surface area contributed by atoms with E-state index in [-0.39, 0.29) is 24.0 Å². The number of aryl methyl sites for hydroxylation is 1. The molecule has 0 N–H and O–H groups in total. The number of benzene rings is 2. The van der Waals surface area contributed by atoms with E-state index < -0.39 is 6.36 Å². The first-order valence-electron chi connectivity index (χ1n) is 9.20. The molecule has 0 bridgehead atoms. The first kappa shape index (κ1) is 20.7. The van der Waals surface area contributed by atoms with Crippen molar-refractivity contribution in [1.29, 1.82) is 0 Å². The number of alkyl halides is 3. The lowest BCUT2D eigenvalue weighted by Gasteiger charge is -2.35. The number of ether oxygens (including phenoxy) is 1. The van der Waals surface area contributed by atoms with Crippen LogP contribution in [0.25, 0.3) is 0 Å². The van der Waals surface area contributed by atoms with Gasteiger partial charge in [-0.25, -0.2) is 0 Å². The minimum absolute atomic E-state index is 0.0580. The zero-order valence-electron chi connectivity index (χ0n) is 15.9. The van der Waals surface area contributed by atoms with Gasteiger partial charge in [0, 0.05) is 31.7 Å². The molecule has 1 saturated heterocycles. The third-order valence-electron chi connectivity index (χ3n) is 4.73. The molecule has 1 heterocycles. The summed E-state index contributed by atoms with van der Waals surface area (Å²) in [5, 5.41) is 0. The lowest BCUT2D eigenvalue weighted by molar-refractivity contribution is -0.274. The summed E-state index contributed by atoms with van der Waals surface area (Å²) in [6, 6.07) is 12.6. The highest BCUT2D eigenvalue weighted by atomic mass is 19.4. The summed E-state index contributed by atoms with van der Waals surface area (Å²) in [4.78, 5) is 28.4. The third kappa shape index (κ3) is 5.73. The van der Waals surface area contributed by atoms with Crippen LogP contribution in [0.4, 0.5) is 13.2 Å². The van der Waals surface area contributed by atoms with Crippen molar-refractivity contribution < 1.29 is 27.5 Å². The first-order valence-corrected chi connectivity index (χ1v) is 9.20. The van der Waals surface area contributed by atoms with Gasteiger partial charge in [-0.2, -0.15) is 0 Å². The molecule has 2 aromatic rings. The van der Waals surface area contributed by atoms with Crippen LogP contribution < -0.4 is 4.74 Å². The highest BCUT2D eigenvalue weighted by Gasteiger charge is 2.31. The molecule has 3 rings (SSSR count). The molecule has 29 heavy (non-hydrogen) atoms. The molecule has 5 nitrogen and oxygen atoms in total. The van der Waals surface area contributed by atoms with Gasteiger partial charge in [-0.1, -0.05) is 29.8 Å². The molecule has 8 heteroatoms. The maximum absolute atomic E-state index is 12.5. The molecule has 1 aliphatic heterocycles. The topological polar surface area (TPSA) is 49.9 Å². The number of hydrogen-bond acceptors (Lipinski definition) is 3. The number of rotatable bonds is 4. The van der Waals surface area contributed by atoms with E-state index in [0.29, 0.717) is 37.3 Å². The van der Waals surface area contributed by atoms with E-state index in [1.54, 1.807) is 21.9 Å². The molecule has 0 atom stereocenters. The van der Waals surface area contributed by atoms with Crippen LogP contribution in [-0.2, 0) is 11.2 Å². The molecule has 0 unspecified atom stereocenters. The minimum Gasteiger partial charge on any atom is -0.406 e. The Hall–Kier alpha value is -3.03. The second-order valence-corrected chi connectivity index (χ2v) is 6.91. The Labute approximate surface area is 166 Å². The van der Waals surface area contributed by atoms with E-state index in [0.717, 1.165) is 5.56 Å². The van der Waals surface area contributed by atoms with Gasteiger partial charge in [0.05, 0.1) is 6.42 Å². The van der Waals surface area contributed by atoms with Crippen LogP contribution in [0, 0.1) is 6.92 Å². The summed E-state index contributed by atoms with van der Waals surface area (Å²) in [6.45, 7) is 3.68. The van der Waals surface area contributed by atoms with Crippen LogP contribution >= 0.6 is 0 Å². The number of halogens is 3. The summed E-state index contributed by atoms with van der Waals surface area (Å²) in [6.07, 6.45) is -4.66. The Bertz CT molecular complexity index is 856. The Balaban J connectivity index is 1.51. The molecule has 1 fully saturated rings. The van der Waals surface area contributed by atoms with Crippen LogP contribution in [-0.4, -0.2) is 54.2 Å². The van der Waals surface area contributed by atoms with E-state index in [1.165, 1.54) is 24.3 Å². The quantitative estimate of drug-likeness (QED) is 0.782. The van der Waals surface area contributed by atoms with Crippen LogP contribution in [0.1, 0.15) is 21.5 Å². The number of piperazine rings is 1. The fourth-order valence-electron chi connectivity index (χ4n) is 3.13. The SMILES string of the molecule is Cc1ccc(C(=O)N2CCN(C(=O)Cc3ccc(OC(F)(F)F)cc3)CC2)cc1. The molecule has 0 saturated carbocycles. The summed E-state index contributed by atoms with van der Waals surface area (Å²) in [7, 11) is 0. The number of carbonyl (C=O) groups is 2. The van der Waals surface area contributed by atoms with Crippen molar-refractivity contribution in [2.75, 3.05) is 26.2 Å². The zero-order valence-corrected chi connectivity index (χ0v) is 15.9. The van der Waals surface area contributed by atoms with E-state index in [4.69, 9.17) is 0 Å². The average molecular weight is 406 g/mol. The van der Waals surface area contributed by atoms with Crippen molar-refractivity contribution in [1.82, 2.24) is 9.80 Å². The molecular formula is C21H21F3N2O3. The normalized spacial score (nSPS) is 14.6. The average Bonchev–Trinajstić information content (AvgIpc) is 2.68. The molecule has 0 radical (unpaired) electrons. The van der Waals surface area contributed by atoms with Gasteiger partial charge in [0.15, 0.2) is 0 Å². The summed E-state index contributed by atoms with van der Waals surface area (Å²) < 4.78 is 40.4. The Morgan fingerprint density at radius 2 is 1.45 bits per heavy atom. The highest BCUT2D eigenvalue weighted by molar-refractivity contribution is 5.94. The maximum Gasteiger partial charge on any atom is 0.573 e. The Morgan fingerprint density at radius 1 is 0.897 bits per heavy atom. The standard InChI is InChI=1S/C21H21F3N2O3/c1-15-2-6-17(7-3-15)20(28)26-12-10-25(11-13-26)19(27)14-16-4-8-18(9-5-16)29-21(22,23)24/h2-9H,10-14H2,1H3. The van der Waals surface area contributed by atoms with Gasteiger partial charge in [-0.15, -0.1) is 13.2 Å². The van der Waals surface area contributed by atoms with Gasteiger partial charge >= 0.3 is 6.36 Å². The zero-order chi connectivity index (χ0) is 21.0. The molecule has 154 valence electrons. The van der Waals surface area contributed by atoms with E-state index in [2.05, 4.69) is 4.74 Å². The fourth-order valence-corrected chi connectivity index (χ4v) is 3.13. The number of nitrogens with zero attached hydrogens (tertiary/aromatic N) is 2. The fraction of sp³-hybridized carbons (Fsp3) is 0.333. The van der Waals surface area contributed by atoms with Gasteiger partial charge in [0.25, 0.3) is 5.91 Å². The molecular weight excluding hydrogens is 385 g/mol. The second kappa shape index (κ2) is 8.55. The molecule has 2 amide bonds. The maximum atomic E-state index is 12.5. The second-order valence-electron chi connectivity index (χ2n) is 6.91. The predicted molar refractivity (Wildman–Crippen MR) is 100 cm³/mol. The predicted octanol–water partition coefficient (Wildman–Crippen LogP) is 3.42. The van der Waals surface area contributed by atoms with Gasteiger partial charge < -0.3 is 14.5 Å². The smallest absolute Gasteiger partial charge is 0.406 e. The van der Waals surface area contributed by atoms with Gasteiger partial charge in [0.1, 0.15) is 5.75 Å². The van der Waals surface area contributed by atoms with Crippen LogP contribution in [0.15, 0.2) is 48.5 Å². The van der Waals surface area contributed by atoms with E-state index in [9.17, 15) is 22.8 Å².